The van der Waals surface area contributed by atoms with Gasteiger partial charge in [0.1, 0.15) is 12.0 Å². The molecule has 0 spiro atoms. The van der Waals surface area contributed by atoms with Gasteiger partial charge in [0.05, 0.1) is 6.42 Å². The van der Waals surface area contributed by atoms with Gasteiger partial charge in [0, 0.05) is 25.2 Å². The van der Waals surface area contributed by atoms with Gasteiger partial charge in [0.15, 0.2) is 0 Å². The van der Waals surface area contributed by atoms with Crippen LogP contribution in [0.3, 0.4) is 0 Å². The lowest BCUT2D eigenvalue weighted by Crippen LogP contribution is -2.23. The van der Waals surface area contributed by atoms with Crippen molar-refractivity contribution in [3.8, 4) is 5.75 Å². The largest absolute Gasteiger partial charge is 0.508 e. The van der Waals surface area contributed by atoms with Crippen molar-refractivity contribution in [2.24, 2.45) is 0 Å². The molecule has 0 heterocycles. The number of phenols is 1. The maximum atomic E-state index is 11.4. The number of hydrogen-bond donors (Lipinski definition) is 1. The molecule has 80 valence electrons. The molecule has 0 aliphatic carbocycles. The number of carbonyl (C=O) groups is 2. The number of aromatic hydroxyl groups is 1. The second kappa shape index (κ2) is 4.59. The van der Waals surface area contributed by atoms with Crippen molar-refractivity contribution in [3.63, 3.8) is 0 Å². The van der Waals surface area contributed by atoms with E-state index in [0.29, 0.717) is 17.4 Å². The summed E-state index contributed by atoms with van der Waals surface area (Å²) in [6, 6.07) is 4.44. The van der Waals surface area contributed by atoms with E-state index in [0.717, 1.165) is 0 Å². The van der Waals surface area contributed by atoms with Gasteiger partial charge < -0.3 is 10.0 Å². The number of rotatable bonds is 3. The van der Waals surface area contributed by atoms with Gasteiger partial charge in [-0.3, -0.25) is 9.59 Å². The fourth-order valence-corrected chi connectivity index (χ4v) is 1.14. The summed E-state index contributed by atoms with van der Waals surface area (Å²) in [7, 11) is 3.28. The zero-order valence-electron chi connectivity index (χ0n) is 8.73. The van der Waals surface area contributed by atoms with Gasteiger partial charge in [0.2, 0.25) is 5.91 Å². The van der Waals surface area contributed by atoms with Gasteiger partial charge >= 0.3 is 0 Å². The molecule has 0 aliphatic heterocycles. The third kappa shape index (κ3) is 2.80. The molecule has 1 aromatic rings. The molecule has 0 unspecified atom stereocenters. The lowest BCUT2D eigenvalue weighted by atomic mass is 10.1. The first-order valence-corrected chi connectivity index (χ1v) is 4.52. The number of likely N-dealkylation sites (N-methyl/N-ethyl adjacent to an activating group) is 1. The molecule has 0 bridgehead atoms. The van der Waals surface area contributed by atoms with E-state index in [1.165, 1.54) is 23.1 Å². The zero-order chi connectivity index (χ0) is 11.4. The normalized spacial score (nSPS) is 9.73. The van der Waals surface area contributed by atoms with E-state index in [1.54, 1.807) is 14.1 Å². The Balaban J connectivity index is 2.93. The van der Waals surface area contributed by atoms with Crippen LogP contribution in [0.15, 0.2) is 18.2 Å². The summed E-state index contributed by atoms with van der Waals surface area (Å²) in [5.41, 5.74) is 0.924. The van der Waals surface area contributed by atoms with E-state index >= 15 is 0 Å². The molecule has 1 N–H and O–H groups in total. The summed E-state index contributed by atoms with van der Waals surface area (Å²) < 4.78 is 0. The number of aldehydes is 1. The van der Waals surface area contributed by atoms with Crippen molar-refractivity contribution in [2.45, 2.75) is 6.42 Å². The van der Waals surface area contributed by atoms with Gasteiger partial charge in [-0.2, -0.15) is 0 Å². The molecule has 0 saturated carbocycles. The molecule has 4 heteroatoms. The Morgan fingerprint density at radius 1 is 1.47 bits per heavy atom. The second-order valence-corrected chi connectivity index (χ2v) is 3.47. The fourth-order valence-electron chi connectivity index (χ4n) is 1.14. The van der Waals surface area contributed by atoms with Crippen molar-refractivity contribution >= 4 is 12.2 Å². The van der Waals surface area contributed by atoms with Crippen LogP contribution in [0.4, 0.5) is 0 Å². The summed E-state index contributed by atoms with van der Waals surface area (Å²) in [5.74, 6) is -0.0795. The first-order valence-electron chi connectivity index (χ1n) is 4.52. The smallest absolute Gasteiger partial charge is 0.226 e. The van der Waals surface area contributed by atoms with E-state index in [4.69, 9.17) is 0 Å². The Bertz CT molecular complexity index is 385. The summed E-state index contributed by atoms with van der Waals surface area (Å²) in [4.78, 5) is 23.3. The van der Waals surface area contributed by atoms with Gasteiger partial charge in [-0.15, -0.1) is 0 Å². The third-order valence-corrected chi connectivity index (χ3v) is 2.08. The Morgan fingerprint density at radius 2 is 2.13 bits per heavy atom. The second-order valence-electron chi connectivity index (χ2n) is 3.47. The summed E-state index contributed by atoms with van der Waals surface area (Å²) in [6.45, 7) is 0. The Hall–Kier alpha value is -1.84. The Labute approximate surface area is 88.1 Å². The minimum Gasteiger partial charge on any atom is -0.508 e. The molecule has 0 radical (unpaired) electrons. The molecule has 4 nitrogen and oxygen atoms in total. The lowest BCUT2D eigenvalue weighted by Gasteiger charge is -2.11. The Kier molecular flexibility index (Phi) is 3.44. The van der Waals surface area contributed by atoms with Gasteiger partial charge in [-0.25, -0.2) is 0 Å². The quantitative estimate of drug-likeness (QED) is 0.747. The number of hydrogen-bond acceptors (Lipinski definition) is 3. The van der Waals surface area contributed by atoms with Crippen LogP contribution >= 0.6 is 0 Å². The molecule has 0 aliphatic rings. The molecule has 1 rings (SSSR count). The van der Waals surface area contributed by atoms with Crippen LogP contribution in [0.25, 0.3) is 0 Å². The van der Waals surface area contributed by atoms with Crippen molar-refractivity contribution in [1.82, 2.24) is 4.90 Å². The molecule has 0 saturated heterocycles. The van der Waals surface area contributed by atoms with Crippen molar-refractivity contribution in [3.05, 3.63) is 29.3 Å². The summed E-state index contributed by atoms with van der Waals surface area (Å²) in [5, 5.41) is 9.47. The van der Waals surface area contributed by atoms with Gasteiger partial charge in [0.25, 0.3) is 0 Å². The monoisotopic (exact) mass is 207 g/mol. The third-order valence-electron chi connectivity index (χ3n) is 2.08. The van der Waals surface area contributed by atoms with Crippen molar-refractivity contribution in [2.75, 3.05) is 14.1 Å². The number of amides is 1. The average Bonchev–Trinajstić information content (AvgIpc) is 2.21. The maximum Gasteiger partial charge on any atom is 0.226 e. The van der Waals surface area contributed by atoms with Crippen molar-refractivity contribution in [1.29, 1.82) is 0 Å². The van der Waals surface area contributed by atoms with Gasteiger partial charge in [-0.1, -0.05) is 0 Å². The molecule has 0 aromatic heterocycles. The van der Waals surface area contributed by atoms with Crippen LogP contribution in [0.1, 0.15) is 15.9 Å². The van der Waals surface area contributed by atoms with E-state index in [-0.39, 0.29) is 18.1 Å². The van der Waals surface area contributed by atoms with Crippen molar-refractivity contribution < 1.29 is 14.7 Å². The molecule has 15 heavy (non-hydrogen) atoms. The number of nitrogens with zero attached hydrogens (tertiary/aromatic N) is 1. The number of benzene rings is 1. The maximum absolute atomic E-state index is 11.4. The molecule has 0 fully saturated rings. The first kappa shape index (κ1) is 11.2. The van der Waals surface area contributed by atoms with E-state index in [2.05, 4.69) is 0 Å². The van der Waals surface area contributed by atoms with E-state index in [1.807, 2.05) is 0 Å². The van der Waals surface area contributed by atoms with Crippen LogP contribution in [0, 0.1) is 0 Å². The van der Waals surface area contributed by atoms with Gasteiger partial charge in [-0.05, 0) is 18.2 Å². The standard InChI is InChI=1S/C11H13NO3/c1-12(2)11(15)6-9-5-8(7-13)3-4-10(9)14/h3-5,7,14H,6H2,1-2H3. The van der Waals surface area contributed by atoms with E-state index in [9.17, 15) is 14.7 Å². The summed E-state index contributed by atoms with van der Waals surface area (Å²) >= 11 is 0. The highest BCUT2D eigenvalue weighted by Crippen LogP contribution is 2.18. The zero-order valence-corrected chi connectivity index (χ0v) is 8.73. The van der Waals surface area contributed by atoms with Crippen LogP contribution in [0.2, 0.25) is 0 Å². The highest BCUT2D eigenvalue weighted by Gasteiger charge is 2.09. The minimum absolute atomic E-state index is 0.0378. The van der Waals surface area contributed by atoms with Crippen LogP contribution in [-0.4, -0.2) is 36.3 Å². The molecule has 0 atom stereocenters. The molecule has 1 aromatic carbocycles. The Morgan fingerprint density at radius 3 is 2.67 bits per heavy atom. The number of phenolic OH excluding ortho intramolecular Hbond substituents is 1. The number of carbonyl (C=O) groups excluding carboxylic acids is 2. The summed E-state index contributed by atoms with van der Waals surface area (Å²) in [6.07, 6.45) is 0.781. The molecule has 1 amide bonds. The fraction of sp³-hybridized carbons (Fsp3) is 0.273. The van der Waals surface area contributed by atoms with Crippen LogP contribution in [-0.2, 0) is 11.2 Å². The SMILES string of the molecule is CN(C)C(=O)Cc1cc(C=O)ccc1O. The minimum atomic E-state index is -0.117. The molecular formula is C11H13NO3. The lowest BCUT2D eigenvalue weighted by molar-refractivity contribution is -0.127. The highest BCUT2D eigenvalue weighted by atomic mass is 16.3. The van der Waals surface area contributed by atoms with Crippen LogP contribution < -0.4 is 0 Å². The predicted octanol–water partition coefficient (Wildman–Crippen LogP) is 0.835. The molecular weight excluding hydrogens is 194 g/mol. The average molecular weight is 207 g/mol. The highest BCUT2D eigenvalue weighted by molar-refractivity contribution is 5.81. The topological polar surface area (TPSA) is 57.6 Å². The van der Waals surface area contributed by atoms with E-state index < -0.39 is 0 Å². The van der Waals surface area contributed by atoms with Crippen LogP contribution in [0.5, 0.6) is 5.75 Å². The predicted molar refractivity (Wildman–Crippen MR) is 55.9 cm³/mol. The first-order chi connectivity index (χ1) is 7.04.